The molecule has 3 heterocycles. The number of aromatic nitrogens is 2. The molecular weight excluding hydrogens is 889 g/mol. The molecule has 0 spiro atoms. The van der Waals surface area contributed by atoms with Gasteiger partial charge in [0.2, 0.25) is 0 Å². The Balaban J connectivity index is 1.06. The van der Waals surface area contributed by atoms with Gasteiger partial charge in [0.25, 0.3) is 0 Å². The van der Waals surface area contributed by atoms with E-state index in [0.717, 1.165) is 56.5 Å². The Morgan fingerprint density at radius 1 is 0.370 bits per heavy atom. The first-order valence-electron chi connectivity index (χ1n) is 26.2. The van der Waals surface area contributed by atoms with Gasteiger partial charge in [-0.3, -0.25) is 4.57 Å². The summed E-state index contributed by atoms with van der Waals surface area (Å²) in [6.45, 7) is 35.3. The summed E-state index contributed by atoms with van der Waals surface area (Å²) in [6, 6.07) is 58.5. The Bertz CT molecular complexity index is 3400. The molecule has 0 saturated heterocycles. The smallest absolute Gasteiger partial charge is 0.137 e. The number of para-hydroxylation sites is 3. The van der Waals surface area contributed by atoms with Crippen molar-refractivity contribution < 1.29 is 4.74 Å². The van der Waals surface area contributed by atoms with E-state index in [1.807, 2.05) is 6.20 Å². The molecule has 0 N–H and O–H groups in total. The third-order valence-corrected chi connectivity index (χ3v) is 14.8. The molecular formula is C68H74N4O. The zero-order chi connectivity index (χ0) is 52.0. The lowest BCUT2D eigenvalue weighted by molar-refractivity contribution is 0.483. The number of hydrogen-bond donors (Lipinski definition) is 0. The van der Waals surface area contributed by atoms with Gasteiger partial charge in [-0.1, -0.05) is 177 Å². The number of pyridine rings is 1. The van der Waals surface area contributed by atoms with E-state index >= 15 is 0 Å². The first-order valence-corrected chi connectivity index (χ1v) is 26.2. The van der Waals surface area contributed by atoms with Gasteiger partial charge in [-0.15, -0.1) is 0 Å². The molecule has 5 nitrogen and oxygen atoms in total. The highest BCUT2D eigenvalue weighted by Gasteiger charge is 2.30. The molecule has 0 saturated carbocycles. The van der Waals surface area contributed by atoms with Crippen molar-refractivity contribution in [3.8, 4) is 39.6 Å². The fourth-order valence-corrected chi connectivity index (χ4v) is 10.2. The van der Waals surface area contributed by atoms with Crippen molar-refractivity contribution in [2.24, 2.45) is 0 Å². The van der Waals surface area contributed by atoms with Crippen molar-refractivity contribution in [3.05, 3.63) is 192 Å². The Labute approximate surface area is 435 Å². The molecule has 1 aliphatic heterocycles. The normalized spacial score (nSPS) is 13.6. The minimum atomic E-state index is -0.0192. The third kappa shape index (κ3) is 9.79. The van der Waals surface area contributed by atoms with Gasteiger partial charge in [0.05, 0.1) is 22.4 Å². The highest BCUT2D eigenvalue weighted by atomic mass is 16.5. The van der Waals surface area contributed by atoms with E-state index in [4.69, 9.17) is 9.72 Å². The monoisotopic (exact) mass is 963 g/mol. The predicted octanol–water partition coefficient (Wildman–Crippen LogP) is 19.0. The molecule has 10 rings (SSSR count). The maximum absolute atomic E-state index is 6.84. The maximum Gasteiger partial charge on any atom is 0.137 e. The second-order valence-corrected chi connectivity index (χ2v) is 25.6. The lowest BCUT2D eigenvalue weighted by Crippen LogP contribution is -2.24. The quantitative estimate of drug-likeness (QED) is 0.159. The molecule has 0 unspecified atom stereocenters. The van der Waals surface area contributed by atoms with Crippen LogP contribution in [0.15, 0.2) is 164 Å². The lowest BCUT2D eigenvalue weighted by atomic mass is 9.78. The zero-order valence-electron chi connectivity index (χ0n) is 46.0. The van der Waals surface area contributed by atoms with Crippen molar-refractivity contribution in [3.63, 3.8) is 0 Å². The van der Waals surface area contributed by atoms with Crippen molar-refractivity contribution in [2.45, 2.75) is 131 Å². The van der Waals surface area contributed by atoms with E-state index in [2.05, 4.69) is 276 Å². The lowest BCUT2D eigenvalue weighted by Gasteiger charge is -2.28. The molecule has 0 fully saturated rings. The summed E-state index contributed by atoms with van der Waals surface area (Å²) in [5, 5.41) is 2.35. The number of ether oxygens (including phenoxy) is 1. The standard InChI is InChI=1S/C68H74N4O/c1-64(2,3)48-29-30-69-63(40-48)72-59-24-17-16-23-57(59)58-28-27-56(42-62(58)72)73-55-22-20-21-53(41-55)70-43-71(61-26-19-18-25-60(61)70)54-36-44(46-32-49(65(4,5)6)38-50(33-46)66(7,8)9)31-45(37-54)47-34-51(67(10,11)12)39-52(35-47)68(13,14)15/h16-42H,43H2,1-15H3. The van der Waals surface area contributed by atoms with Crippen molar-refractivity contribution in [1.82, 2.24) is 9.55 Å². The molecule has 1 aliphatic rings. The van der Waals surface area contributed by atoms with Gasteiger partial charge in [0.1, 0.15) is 24.0 Å². The molecule has 5 heteroatoms. The minimum absolute atomic E-state index is 0.0141. The van der Waals surface area contributed by atoms with Crippen LogP contribution in [-0.2, 0) is 27.1 Å². The molecule has 2 aromatic heterocycles. The number of anilines is 4. The van der Waals surface area contributed by atoms with Crippen LogP contribution in [0.25, 0.3) is 49.9 Å². The summed E-state index contributed by atoms with van der Waals surface area (Å²) >= 11 is 0. The average molecular weight is 963 g/mol. The predicted molar refractivity (Wildman–Crippen MR) is 311 cm³/mol. The summed E-state index contributed by atoms with van der Waals surface area (Å²) in [4.78, 5) is 9.82. The van der Waals surface area contributed by atoms with Crippen LogP contribution in [0.4, 0.5) is 22.7 Å². The first-order chi connectivity index (χ1) is 34.3. The second-order valence-electron chi connectivity index (χ2n) is 25.6. The van der Waals surface area contributed by atoms with Crippen molar-refractivity contribution >= 4 is 44.6 Å². The highest BCUT2D eigenvalue weighted by molar-refractivity contribution is 6.09. The summed E-state index contributed by atoms with van der Waals surface area (Å²) in [5.41, 5.74) is 18.1. The van der Waals surface area contributed by atoms with Gasteiger partial charge in [-0.05, 0) is 150 Å². The Morgan fingerprint density at radius 2 is 0.849 bits per heavy atom. The van der Waals surface area contributed by atoms with E-state index in [1.165, 1.54) is 55.5 Å². The summed E-state index contributed by atoms with van der Waals surface area (Å²) in [6.07, 6.45) is 1.93. The molecule has 0 amide bonds. The molecule has 7 aromatic carbocycles. The van der Waals surface area contributed by atoms with E-state index in [1.54, 1.807) is 0 Å². The van der Waals surface area contributed by atoms with Crippen LogP contribution >= 0.6 is 0 Å². The van der Waals surface area contributed by atoms with E-state index in [-0.39, 0.29) is 27.1 Å². The summed E-state index contributed by atoms with van der Waals surface area (Å²) in [7, 11) is 0. The highest BCUT2D eigenvalue weighted by Crippen LogP contribution is 2.48. The van der Waals surface area contributed by atoms with Crippen LogP contribution in [0.5, 0.6) is 11.5 Å². The van der Waals surface area contributed by atoms with Crippen LogP contribution in [0, 0.1) is 0 Å². The van der Waals surface area contributed by atoms with Gasteiger partial charge >= 0.3 is 0 Å². The first kappa shape index (κ1) is 49.5. The van der Waals surface area contributed by atoms with E-state index < -0.39 is 0 Å². The second kappa shape index (κ2) is 17.8. The van der Waals surface area contributed by atoms with Gasteiger partial charge in [-0.25, -0.2) is 4.98 Å². The summed E-state index contributed by atoms with van der Waals surface area (Å²) in [5.74, 6) is 2.44. The van der Waals surface area contributed by atoms with E-state index in [9.17, 15) is 0 Å². The maximum atomic E-state index is 6.84. The van der Waals surface area contributed by atoms with E-state index in [0.29, 0.717) is 6.67 Å². The zero-order valence-corrected chi connectivity index (χ0v) is 46.0. The van der Waals surface area contributed by atoms with Crippen LogP contribution in [-0.4, -0.2) is 16.2 Å². The topological polar surface area (TPSA) is 33.5 Å². The Hall–Kier alpha value is -7.11. The fraction of sp³-hybridized carbons (Fsp3) is 0.309. The van der Waals surface area contributed by atoms with Crippen LogP contribution in [0.3, 0.4) is 0 Å². The molecule has 0 aliphatic carbocycles. The molecule has 0 bridgehead atoms. The Kier molecular flexibility index (Phi) is 12.1. The third-order valence-electron chi connectivity index (χ3n) is 14.8. The number of benzene rings is 7. The molecule has 0 radical (unpaired) electrons. The number of rotatable bonds is 7. The fourth-order valence-electron chi connectivity index (χ4n) is 10.2. The minimum Gasteiger partial charge on any atom is -0.457 e. The summed E-state index contributed by atoms with van der Waals surface area (Å²) < 4.78 is 9.11. The number of hydrogen-bond acceptors (Lipinski definition) is 4. The van der Waals surface area contributed by atoms with Crippen LogP contribution in [0.2, 0.25) is 0 Å². The van der Waals surface area contributed by atoms with Crippen molar-refractivity contribution in [1.29, 1.82) is 0 Å². The van der Waals surface area contributed by atoms with Crippen molar-refractivity contribution in [2.75, 3.05) is 16.5 Å². The largest absolute Gasteiger partial charge is 0.457 e. The van der Waals surface area contributed by atoms with Gasteiger partial charge < -0.3 is 14.5 Å². The van der Waals surface area contributed by atoms with Gasteiger partial charge in [0.15, 0.2) is 0 Å². The number of nitrogens with zero attached hydrogens (tertiary/aromatic N) is 4. The number of fused-ring (bicyclic) bond motifs is 4. The molecule has 9 aromatic rings. The van der Waals surface area contributed by atoms with Crippen LogP contribution < -0.4 is 14.5 Å². The Morgan fingerprint density at radius 3 is 1.40 bits per heavy atom. The SMILES string of the molecule is CC(C)(C)c1cc(-c2cc(-c3cc(C(C)(C)C)cc(C(C)(C)C)c3)cc(N3CN(c4cccc(Oc5ccc6c7ccccc7n(-c7cc(C(C)(C)C)ccn7)c6c5)c4)c4ccccc43)c2)cc(C(C)(C)C)c1. The molecule has 372 valence electrons. The van der Waals surface area contributed by atoms with Crippen LogP contribution in [0.1, 0.15) is 132 Å². The average Bonchev–Trinajstić information content (AvgIpc) is 3.89. The molecule has 0 atom stereocenters. The molecule has 73 heavy (non-hydrogen) atoms. The van der Waals surface area contributed by atoms with Gasteiger partial charge in [-0.2, -0.15) is 0 Å². The van der Waals surface area contributed by atoms with Gasteiger partial charge in [0, 0.05) is 40.5 Å².